The predicted octanol–water partition coefficient (Wildman–Crippen LogP) is 3.15. The van der Waals surface area contributed by atoms with Gasteiger partial charge in [0.1, 0.15) is 12.4 Å². The minimum atomic E-state index is -4.58. The van der Waals surface area contributed by atoms with Crippen molar-refractivity contribution in [3.63, 3.8) is 0 Å². The Balaban J connectivity index is 2.32. The van der Waals surface area contributed by atoms with Gasteiger partial charge in [-0.1, -0.05) is 0 Å². The molecule has 0 radical (unpaired) electrons. The lowest BCUT2D eigenvalue weighted by Gasteiger charge is -2.36. The second-order valence-corrected chi connectivity index (χ2v) is 5.36. The Hall–Kier alpha value is -2.18. The topological polar surface area (TPSA) is 45.3 Å². The summed E-state index contributed by atoms with van der Waals surface area (Å²) < 4.78 is 45.2. The number of hydrogen-bond acceptors (Lipinski definition) is 3. The fraction of sp³-hybridized carbons (Fsp3) is 0.400. The first kappa shape index (κ1) is 14.7. The average molecular weight is 312 g/mol. The van der Waals surface area contributed by atoms with Gasteiger partial charge in [-0.05, 0) is 19.9 Å². The SMILES string of the molecule is CCN1c2cc3c(C(F)(F)F)cc(=O)[nH]c3cc2OCC1C. The number of alkyl halides is 3. The standard InChI is InChI=1S/C15H15F3N2O2/c1-3-20-8(2)7-22-13-6-11-9(4-12(13)20)10(15(16,17)18)5-14(21)19-11/h4-6,8H,3,7H2,1-2H3,(H,19,21). The number of nitrogens with one attached hydrogen (secondary N) is 1. The number of ether oxygens (including phenoxy) is 1. The second-order valence-electron chi connectivity index (χ2n) is 5.36. The van der Waals surface area contributed by atoms with Crippen LogP contribution in [0.5, 0.6) is 5.75 Å². The van der Waals surface area contributed by atoms with Crippen LogP contribution in [-0.4, -0.2) is 24.2 Å². The molecule has 3 rings (SSSR count). The molecular formula is C15H15F3N2O2. The van der Waals surface area contributed by atoms with Crippen molar-refractivity contribution >= 4 is 16.6 Å². The fourth-order valence-corrected chi connectivity index (χ4v) is 2.87. The average Bonchev–Trinajstić information content (AvgIpc) is 2.43. The van der Waals surface area contributed by atoms with Gasteiger partial charge in [0.2, 0.25) is 5.56 Å². The normalized spacial score (nSPS) is 18.2. The summed E-state index contributed by atoms with van der Waals surface area (Å²) in [6.07, 6.45) is -4.58. The summed E-state index contributed by atoms with van der Waals surface area (Å²) in [4.78, 5) is 15.9. The highest BCUT2D eigenvalue weighted by atomic mass is 19.4. The largest absolute Gasteiger partial charge is 0.489 e. The number of H-pyrrole nitrogens is 1. The van der Waals surface area contributed by atoms with Crippen LogP contribution in [0, 0.1) is 0 Å². The number of benzene rings is 1. The van der Waals surface area contributed by atoms with Crippen LogP contribution in [0.3, 0.4) is 0 Å². The minimum absolute atomic E-state index is 0.0259. The zero-order chi connectivity index (χ0) is 16.1. The van der Waals surface area contributed by atoms with E-state index in [9.17, 15) is 18.0 Å². The molecule has 2 heterocycles. The van der Waals surface area contributed by atoms with Crippen molar-refractivity contribution in [2.75, 3.05) is 18.1 Å². The van der Waals surface area contributed by atoms with Crippen LogP contribution in [0.1, 0.15) is 19.4 Å². The van der Waals surface area contributed by atoms with Crippen molar-refractivity contribution in [2.24, 2.45) is 0 Å². The highest BCUT2D eigenvalue weighted by molar-refractivity contribution is 5.89. The molecule has 7 heteroatoms. The van der Waals surface area contributed by atoms with Gasteiger partial charge >= 0.3 is 6.18 Å². The van der Waals surface area contributed by atoms with Gasteiger partial charge in [0.05, 0.1) is 22.8 Å². The van der Waals surface area contributed by atoms with Gasteiger partial charge in [-0.25, -0.2) is 0 Å². The highest BCUT2D eigenvalue weighted by Crippen LogP contribution is 2.40. The van der Waals surface area contributed by atoms with Crippen LogP contribution >= 0.6 is 0 Å². The molecule has 0 spiro atoms. The number of rotatable bonds is 1. The molecule has 2 aromatic rings. The summed E-state index contributed by atoms with van der Waals surface area (Å²) in [5.74, 6) is 0.488. The van der Waals surface area contributed by atoms with Crippen molar-refractivity contribution in [3.8, 4) is 5.75 Å². The third kappa shape index (κ3) is 2.30. The highest BCUT2D eigenvalue weighted by Gasteiger charge is 2.34. The van der Waals surface area contributed by atoms with E-state index in [1.807, 2.05) is 18.7 Å². The molecule has 0 bridgehead atoms. The monoisotopic (exact) mass is 312 g/mol. The first-order valence-corrected chi connectivity index (χ1v) is 6.99. The van der Waals surface area contributed by atoms with E-state index in [-0.39, 0.29) is 16.9 Å². The number of nitrogens with zero attached hydrogens (tertiary/aromatic N) is 1. The molecule has 118 valence electrons. The van der Waals surface area contributed by atoms with Crippen molar-refractivity contribution in [3.05, 3.63) is 34.1 Å². The van der Waals surface area contributed by atoms with Crippen molar-refractivity contribution in [1.29, 1.82) is 0 Å². The molecule has 0 aliphatic carbocycles. The van der Waals surface area contributed by atoms with Gasteiger partial charge in [0.25, 0.3) is 0 Å². The Bertz CT molecular complexity index is 783. The van der Waals surface area contributed by atoms with Gasteiger partial charge in [0, 0.05) is 24.1 Å². The number of aromatic nitrogens is 1. The van der Waals surface area contributed by atoms with E-state index in [1.165, 1.54) is 12.1 Å². The van der Waals surface area contributed by atoms with E-state index >= 15 is 0 Å². The van der Waals surface area contributed by atoms with Gasteiger partial charge in [-0.15, -0.1) is 0 Å². The summed E-state index contributed by atoms with van der Waals surface area (Å²) in [5, 5.41) is -0.0259. The molecule has 22 heavy (non-hydrogen) atoms. The molecule has 1 aromatic heterocycles. The number of halogens is 3. The van der Waals surface area contributed by atoms with E-state index in [0.29, 0.717) is 30.7 Å². The Morgan fingerprint density at radius 3 is 2.73 bits per heavy atom. The summed E-state index contributed by atoms with van der Waals surface area (Å²) in [7, 11) is 0. The predicted molar refractivity (Wildman–Crippen MR) is 77.5 cm³/mol. The van der Waals surface area contributed by atoms with E-state index < -0.39 is 17.3 Å². The van der Waals surface area contributed by atoms with Crippen LogP contribution in [0.2, 0.25) is 0 Å². The quantitative estimate of drug-likeness (QED) is 0.880. The van der Waals surface area contributed by atoms with Gasteiger partial charge in [0.15, 0.2) is 0 Å². The molecule has 1 N–H and O–H groups in total. The number of pyridine rings is 1. The molecular weight excluding hydrogens is 297 g/mol. The molecule has 1 aliphatic heterocycles. The summed E-state index contributed by atoms with van der Waals surface area (Å²) in [6, 6.07) is 3.59. The zero-order valence-corrected chi connectivity index (χ0v) is 12.1. The van der Waals surface area contributed by atoms with Crippen LogP contribution in [-0.2, 0) is 6.18 Å². The maximum absolute atomic E-state index is 13.2. The molecule has 0 fully saturated rings. The van der Waals surface area contributed by atoms with Crippen molar-refractivity contribution in [2.45, 2.75) is 26.1 Å². The van der Waals surface area contributed by atoms with Crippen LogP contribution < -0.4 is 15.2 Å². The van der Waals surface area contributed by atoms with Crippen LogP contribution in [0.4, 0.5) is 18.9 Å². The molecule has 1 aliphatic rings. The van der Waals surface area contributed by atoms with Gasteiger partial charge in [-0.2, -0.15) is 13.2 Å². The fourth-order valence-electron chi connectivity index (χ4n) is 2.87. The number of fused-ring (bicyclic) bond motifs is 2. The Morgan fingerprint density at radius 2 is 2.09 bits per heavy atom. The molecule has 0 saturated heterocycles. The molecule has 1 atom stereocenters. The third-order valence-corrected chi connectivity index (χ3v) is 3.89. The molecule has 0 saturated carbocycles. The van der Waals surface area contributed by atoms with Crippen molar-refractivity contribution in [1.82, 2.24) is 4.98 Å². The number of hydrogen-bond donors (Lipinski definition) is 1. The smallest absolute Gasteiger partial charge is 0.417 e. The second kappa shape index (κ2) is 4.93. The van der Waals surface area contributed by atoms with Crippen LogP contribution in [0.15, 0.2) is 23.0 Å². The molecule has 1 aromatic carbocycles. The molecule has 0 amide bonds. The number of likely N-dealkylation sites (N-methyl/N-ethyl adjacent to an activating group) is 1. The Morgan fingerprint density at radius 1 is 1.36 bits per heavy atom. The third-order valence-electron chi connectivity index (χ3n) is 3.89. The van der Waals surface area contributed by atoms with Crippen LogP contribution in [0.25, 0.3) is 10.9 Å². The summed E-state index contributed by atoms with van der Waals surface area (Å²) in [6.45, 7) is 5.00. The number of anilines is 1. The maximum Gasteiger partial charge on any atom is 0.417 e. The lowest BCUT2D eigenvalue weighted by molar-refractivity contribution is -0.136. The van der Waals surface area contributed by atoms with E-state index in [4.69, 9.17) is 4.74 Å². The molecule has 4 nitrogen and oxygen atoms in total. The minimum Gasteiger partial charge on any atom is -0.489 e. The lowest BCUT2D eigenvalue weighted by Crippen LogP contribution is -2.40. The van der Waals surface area contributed by atoms with Crippen molar-refractivity contribution < 1.29 is 17.9 Å². The van der Waals surface area contributed by atoms with E-state index in [0.717, 1.165) is 0 Å². The van der Waals surface area contributed by atoms with E-state index in [2.05, 4.69) is 4.98 Å². The lowest BCUT2D eigenvalue weighted by atomic mass is 10.0. The van der Waals surface area contributed by atoms with Gasteiger partial charge in [-0.3, -0.25) is 4.79 Å². The molecule has 1 unspecified atom stereocenters. The van der Waals surface area contributed by atoms with E-state index in [1.54, 1.807) is 0 Å². The Kier molecular flexibility index (Phi) is 3.30. The Labute approximate surface area is 124 Å². The zero-order valence-electron chi connectivity index (χ0n) is 12.1. The maximum atomic E-state index is 13.2. The first-order chi connectivity index (χ1) is 10.3. The first-order valence-electron chi connectivity index (χ1n) is 6.99. The summed E-state index contributed by atoms with van der Waals surface area (Å²) in [5.41, 5.74) is -0.963. The van der Waals surface area contributed by atoms with Gasteiger partial charge < -0.3 is 14.6 Å². The summed E-state index contributed by atoms with van der Waals surface area (Å²) >= 11 is 0. The number of aromatic amines is 1.